The van der Waals surface area contributed by atoms with E-state index < -0.39 is 6.04 Å². The maximum Gasteiger partial charge on any atom is 0.249 e. The van der Waals surface area contributed by atoms with Gasteiger partial charge in [-0.05, 0) is 18.8 Å². The van der Waals surface area contributed by atoms with Crippen molar-refractivity contribution >= 4 is 28.3 Å². The Labute approximate surface area is 144 Å². The number of nitrogens with one attached hydrogen (secondary N) is 2. The van der Waals surface area contributed by atoms with Crippen LogP contribution in [0.5, 0.6) is 0 Å². The fraction of sp³-hybridized carbons (Fsp3) is 0.412. The smallest absolute Gasteiger partial charge is 0.249 e. The third-order valence-electron chi connectivity index (χ3n) is 3.87. The van der Waals surface area contributed by atoms with Crippen molar-refractivity contribution in [2.45, 2.75) is 32.7 Å². The second-order valence-corrected chi connectivity index (χ2v) is 7.25. The number of hydrogen-bond acceptors (Lipinski definition) is 5. The largest absolute Gasteiger partial charge is 0.344 e. The van der Waals surface area contributed by atoms with Crippen molar-refractivity contribution in [2.24, 2.45) is 11.8 Å². The maximum atomic E-state index is 12.5. The molecule has 1 aliphatic rings. The van der Waals surface area contributed by atoms with E-state index in [4.69, 9.17) is 0 Å². The highest BCUT2D eigenvalue weighted by Crippen LogP contribution is 2.29. The van der Waals surface area contributed by atoms with E-state index in [2.05, 4.69) is 20.8 Å². The van der Waals surface area contributed by atoms with Crippen LogP contribution >= 0.6 is 11.3 Å². The van der Waals surface area contributed by atoms with Gasteiger partial charge in [0.25, 0.3) is 0 Å². The van der Waals surface area contributed by atoms with Crippen LogP contribution in [-0.2, 0) is 9.59 Å². The molecule has 1 unspecified atom stereocenters. The van der Waals surface area contributed by atoms with Gasteiger partial charge in [0, 0.05) is 11.5 Å². The molecular weight excluding hydrogens is 324 g/mol. The topological polar surface area (TPSA) is 84.0 Å². The molecule has 0 saturated heterocycles. The second-order valence-electron chi connectivity index (χ2n) is 6.27. The third-order valence-corrected chi connectivity index (χ3v) is 4.76. The van der Waals surface area contributed by atoms with Gasteiger partial charge >= 0.3 is 0 Å². The van der Waals surface area contributed by atoms with Crippen LogP contribution in [0.15, 0.2) is 30.3 Å². The lowest BCUT2D eigenvalue weighted by Gasteiger charge is -2.20. The number of carbonyl (C=O) groups is 2. The van der Waals surface area contributed by atoms with Crippen molar-refractivity contribution in [3.05, 3.63) is 30.3 Å². The Morgan fingerprint density at radius 1 is 1.17 bits per heavy atom. The second kappa shape index (κ2) is 7.09. The van der Waals surface area contributed by atoms with Gasteiger partial charge in [-0.2, -0.15) is 0 Å². The molecule has 1 aromatic carbocycles. The van der Waals surface area contributed by atoms with Gasteiger partial charge < -0.3 is 5.32 Å². The van der Waals surface area contributed by atoms with Crippen molar-refractivity contribution < 1.29 is 9.59 Å². The van der Waals surface area contributed by atoms with Gasteiger partial charge in [0.05, 0.1) is 0 Å². The van der Waals surface area contributed by atoms with Crippen LogP contribution in [0, 0.1) is 11.8 Å². The number of carbonyl (C=O) groups excluding carboxylic acids is 2. The molecule has 2 amide bonds. The fourth-order valence-corrected chi connectivity index (χ4v) is 3.06. The molecule has 126 valence electrons. The predicted molar refractivity (Wildman–Crippen MR) is 93.5 cm³/mol. The molecule has 1 fully saturated rings. The van der Waals surface area contributed by atoms with E-state index in [-0.39, 0.29) is 23.7 Å². The number of aromatic nitrogens is 2. The van der Waals surface area contributed by atoms with Gasteiger partial charge in [-0.15, -0.1) is 10.2 Å². The molecule has 1 aliphatic carbocycles. The summed E-state index contributed by atoms with van der Waals surface area (Å²) in [6, 6.07) is 9.11. The Bertz CT molecular complexity index is 725. The molecule has 0 spiro atoms. The number of amides is 2. The minimum atomic E-state index is -0.567. The Kier molecular flexibility index (Phi) is 4.89. The number of anilines is 1. The molecule has 0 aliphatic heterocycles. The highest BCUT2D eigenvalue weighted by Gasteiger charge is 2.33. The molecule has 3 rings (SSSR count). The molecular formula is C17H20N4O2S. The molecule has 1 aromatic heterocycles. The minimum Gasteiger partial charge on any atom is -0.344 e. The van der Waals surface area contributed by atoms with Crippen molar-refractivity contribution in [1.29, 1.82) is 0 Å². The average Bonchev–Trinajstić information content (AvgIpc) is 3.33. The van der Waals surface area contributed by atoms with E-state index in [9.17, 15) is 9.59 Å². The minimum absolute atomic E-state index is 0.00536. The van der Waals surface area contributed by atoms with Crippen LogP contribution in [0.1, 0.15) is 26.7 Å². The molecule has 0 radical (unpaired) electrons. The van der Waals surface area contributed by atoms with Crippen LogP contribution in [0.4, 0.5) is 5.13 Å². The molecule has 24 heavy (non-hydrogen) atoms. The summed E-state index contributed by atoms with van der Waals surface area (Å²) in [4.78, 5) is 24.4. The zero-order valence-corrected chi connectivity index (χ0v) is 14.5. The Balaban J connectivity index is 1.66. The van der Waals surface area contributed by atoms with Gasteiger partial charge in [-0.1, -0.05) is 55.5 Å². The highest BCUT2D eigenvalue weighted by atomic mass is 32.1. The normalized spacial score (nSPS) is 15.1. The summed E-state index contributed by atoms with van der Waals surface area (Å²) >= 11 is 1.31. The number of rotatable bonds is 6. The van der Waals surface area contributed by atoms with Gasteiger partial charge in [0.15, 0.2) is 0 Å². The summed E-state index contributed by atoms with van der Waals surface area (Å²) in [6.07, 6.45) is 1.82. The summed E-state index contributed by atoms with van der Waals surface area (Å²) in [6.45, 7) is 3.82. The first-order chi connectivity index (χ1) is 11.5. The van der Waals surface area contributed by atoms with Gasteiger partial charge in [0.2, 0.25) is 16.9 Å². The predicted octanol–water partition coefficient (Wildman–Crippen LogP) is 2.69. The number of nitrogens with zero attached hydrogens (tertiary/aromatic N) is 2. The molecule has 7 heteroatoms. The standard InChI is InChI=1S/C17H20N4O2S/c1-10(2)13(18-14(22)11-8-9-11)15(23)19-17-21-20-16(24-17)12-6-4-3-5-7-12/h3-7,10-11,13H,8-9H2,1-2H3,(H,18,22)(H,19,21,23). The Hall–Kier alpha value is -2.28. The Morgan fingerprint density at radius 3 is 2.50 bits per heavy atom. The van der Waals surface area contributed by atoms with E-state index in [1.54, 1.807) is 0 Å². The lowest BCUT2D eigenvalue weighted by molar-refractivity contribution is -0.128. The van der Waals surface area contributed by atoms with Crippen LogP contribution in [0.2, 0.25) is 0 Å². The van der Waals surface area contributed by atoms with Gasteiger partial charge in [-0.3, -0.25) is 14.9 Å². The van der Waals surface area contributed by atoms with E-state index >= 15 is 0 Å². The number of hydrogen-bond donors (Lipinski definition) is 2. The summed E-state index contributed by atoms with van der Waals surface area (Å²) in [5, 5.41) is 14.9. The quantitative estimate of drug-likeness (QED) is 0.844. The maximum absolute atomic E-state index is 12.5. The lowest BCUT2D eigenvalue weighted by atomic mass is 10.0. The SMILES string of the molecule is CC(C)C(NC(=O)C1CC1)C(=O)Nc1nnc(-c2ccccc2)s1. The zero-order valence-electron chi connectivity index (χ0n) is 13.7. The summed E-state index contributed by atoms with van der Waals surface area (Å²) in [7, 11) is 0. The molecule has 0 bridgehead atoms. The molecule has 6 nitrogen and oxygen atoms in total. The van der Waals surface area contributed by atoms with Crippen LogP contribution in [0.25, 0.3) is 10.6 Å². The average molecular weight is 344 g/mol. The highest BCUT2D eigenvalue weighted by molar-refractivity contribution is 7.18. The van der Waals surface area contributed by atoms with Crippen molar-refractivity contribution in [3.63, 3.8) is 0 Å². The van der Waals surface area contributed by atoms with Crippen molar-refractivity contribution in [3.8, 4) is 10.6 Å². The number of benzene rings is 1. The fourth-order valence-electron chi connectivity index (χ4n) is 2.31. The van der Waals surface area contributed by atoms with Crippen LogP contribution in [-0.4, -0.2) is 28.1 Å². The van der Waals surface area contributed by atoms with E-state index in [1.165, 1.54) is 11.3 Å². The molecule has 1 saturated carbocycles. The van der Waals surface area contributed by atoms with Crippen LogP contribution in [0.3, 0.4) is 0 Å². The molecule has 2 N–H and O–H groups in total. The third kappa shape index (κ3) is 3.97. The van der Waals surface area contributed by atoms with E-state index in [0.29, 0.717) is 5.13 Å². The zero-order chi connectivity index (χ0) is 17.1. The van der Waals surface area contributed by atoms with Crippen molar-refractivity contribution in [2.75, 3.05) is 5.32 Å². The van der Waals surface area contributed by atoms with Gasteiger partial charge in [-0.25, -0.2) is 0 Å². The lowest BCUT2D eigenvalue weighted by Crippen LogP contribution is -2.47. The molecule has 1 atom stereocenters. The Morgan fingerprint density at radius 2 is 1.88 bits per heavy atom. The summed E-state index contributed by atoms with van der Waals surface area (Å²) < 4.78 is 0. The van der Waals surface area contributed by atoms with Crippen molar-refractivity contribution in [1.82, 2.24) is 15.5 Å². The molecule has 1 heterocycles. The first-order valence-corrected chi connectivity index (χ1v) is 8.86. The van der Waals surface area contributed by atoms with Crippen LogP contribution < -0.4 is 10.6 Å². The summed E-state index contributed by atoms with van der Waals surface area (Å²) in [5.41, 5.74) is 0.956. The summed E-state index contributed by atoms with van der Waals surface area (Å²) in [5.74, 6) is -0.222. The van der Waals surface area contributed by atoms with E-state index in [0.717, 1.165) is 23.4 Å². The first-order valence-electron chi connectivity index (χ1n) is 8.04. The molecule has 2 aromatic rings. The first kappa shape index (κ1) is 16.6. The monoisotopic (exact) mass is 344 g/mol. The van der Waals surface area contributed by atoms with E-state index in [1.807, 2.05) is 44.2 Å². The van der Waals surface area contributed by atoms with Gasteiger partial charge in [0.1, 0.15) is 11.0 Å².